The van der Waals surface area contributed by atoms with Gasteiger partial charge in [0.15, 0.2) is 0 Å². The predicted octanol–water partition coefficient (Wildman–Crippen LogP) is 9.88. The molecule has 0 spiro atoms. The van der Waals surface area contributed by atoms with Crippen LogP contribution >= 0.6 is 0 Å². The van der Waals surface area contributed by atoms with Crippen molar-refractivity contribution in [2.45, 2.75) is 168 Å². The van der Waals surface area contributed by atoms with Crippen LogP contribution in [0.5, 0.6) is 0 Å². The van der Waals surface area contributed by atoms with Crippen LogP contribution in [-0.2, 0) is 14.3 Å². The van der Waals surface area contributed by atoms with Gasteiger partial charge >= 0.3 is 0 Å². The first kappa shape index (κ1) is 36.4. The molecule has 0 aliphatic rings. The summed E-state index contributed by atoms with van der Waals surface area (Å²) in [4.78, 5) is 14.8. The SMILES string of the molecule is CCCCCCCCCCCCCCN(CCCCCCCCCCCCCC)C(=O)COCCOC. The Labute approximate surface area is 233 Å². The highest BCUT2D eigenvalue weighted by Crippen LogP contribution is 2.14. The Morgan fingerprint density at radius 3 is 1.14 bits per heavy atom. The Morgan fingerprint density at radius 2 is 0.811 bits per heavy atom. The van der Waals surface area contributed by atoms with Crippen LogP contribution in [0.3, 0.4) is 0 Å². The summed E-state index contributed by atoms with van der Waals surface area (Å²) in [5.41, 5.74) is 0. The summed E-state index contributed by atoms with van der Waals surface area (Å²) in [5, 5.41) is 0. The summed E-state index contributed by atoms with van der Waals surface area (Å²) < 4.78 is 10.6. The van der Waals surface area contributed by atoms with Gasteiger partial charge < -0.3 is 14.4 Å². The molecule has 0 radical (unpaired) electrons. The Bertz CT molecular complexity index is 415. The average molecular weight is 526 g/mol. The smallest absolute Gasteiger partial charge is 0.248 e. The Kier molecular flexibility index (Phi) is 31.1. The lowest BCUT2D eigenvalue weighted by Gasteiger charge is -2.23. The molecule has 0 heterocycles. The molecule has 0 fully saturated rings. The van der Waals surface area contributed by atoms with Crippen molar-refractivity contribution in [2.75, 3.05) is 40.0 Å². The molecule has 0 aromatic rings. The van der Waals surface area contributed by atoms with Gasteiger partial charge in [-0.3, -0.25) is 4.79 Å². The minimum absolute atomic E-state index is 0.155. The molecule has 0 unspecified atom stereocenters. The van der Waals surface area contributed by atoms with Gasteiger partial charge in [0, 0.05) is 20.2 Å². The largest absolute Gasteiger partial charge is 0.382 e. The summed E-state index contributed by atoms with van der Waals surface area (Å²) in [5.74, 6) is 0.155. The van der Waals surface area contributed by atoms with Crippen molar-refractivity contribution in [3.8, 4) is 0 Å². The van der Waals surface area contributed by atoms with E-state index < -0.39 is 0 Å². The van der Waals surface area contributed by atoms with Crippen LogP contribution in [0.4, 0.5) is 0 Å². The highest BCUT2D eigenvalue weighted by atomic mass is 16.5. The maximum absolute atomic E-state index is 12.7. The van der Waals surface area contributed by atoms with Crippen molar-refractivity contribution in [3.63, 3.8) is 0 Å². The van der Waals surface area contributed by atoms with Crippen molar-refractivity contribution >= 4 is 5.91 Å². The van der Waals surface area contributed by atoms with E-state index in [9.17, 15) is 4.79 Å². The van der Waals surface area contributed by atoms with Crippen molar-refractivity contribution in [2.24, 2.45) is 0 Å². The minimum atomic E-state index is 0.155. The molecule has 4 nitrogen and oxygen atoms in total. The van der Waals surface area contributed by atoms with Gasteiger partial charge in [0.2, 0.25) is 5.91 Å². The van der Waals surface area contributed by atoms with E-state index in [2.05, 4.69) is 18.7 Å². The van der Waals surface area contributed by atoms with Gasteiger partial charge in [-0.05, 0) is 12.8 Å². The molecule has 0 rings (SSSR count). The molecule has 37 heavy (non-hydrogen) atoms. The second kappa shape index (κ2) is 31.6. The van der Waals surface area contributed by atoms with E-state index in [1.807, 2.05) is 0 Å². The third kappa shape index (κ3) is 28.2. The first-order chi connectivity index (χ1) is 18.3. The monoisotopic (exact) mass is 526 g/mol. The lowest BCUT2D eigenvalue weighted by molar-refractivity contribution is -0.136. The van der Waals surface area contributed by atoms with Gasteiger partial charge in [-0.15, -0.1) is 0 Å². The number of hydrogen-bond acceptors (Lipinski definition) is 3. The molecule has 0 aliphatic heterocycles. The first-order valence-corrected chi connectivity index (χ1v) is 16.6. The summed E-state index contributed by atoms with van der Waals surface area (Å²) in [6, 6.07) is 0. The molecular weight excluding hydrogens is 458 g/mol. The standard InChI is InChI=1S/C33H67NO3/c1-4-6-8-10-12-14-16-18-20-22-24-26-28-34(33(35)32-37-31-30-36-3)29-27-25-23-21-19-17-15-13-11-9-7-5-2/h4-32H2,1-3H3. The molecule has 0 saturated heterocycles. The molecule has 222 valence electrons. The summed E-state index contributed by atoms with van der Waals surface area (Å²) >= 11 is 0. The number of hydrogen-bond donors (Lipinski definition) is 0. The topological polar surface area (TPSA) is 38.8 Å². The van der Waals surface area contributed by atoms with Crippen molar-refractivity contribution in [1.82, 2.24) is 4.90 Å². The fourth-order valence-electron chi connectivity index (χ4n) is 5.04. The van der Waals surface area contributed by atoms with E-state index in [-0.39, 0.29) is 12.5 Å². The van der Waals surface area contributed by atoms with E-state index in [4.69, 9.17) is 9.47 Å². The zero-order valence-corrected chi connectivity index (χ0v) is 25.7. The third-order valence-corrected chi connectivity index (χ3v) is 7.57. The third-order valence-electron chi connectivity index (χ3n) is 7.57. The molecule has 0 saturated carbocycles. The van der Waals surface area contributed by atoms with Gasteiger partial charge in [0.25, 0.3) is 0 Å². The molecule has 0 aromatic carbocycles. The van der Waals surface area contributed by atoms with Crippen LogP contribution in [0.1, 0.15) is 168 Å². The number of rotatable bonds is 31. The molecule has 0 aromatic heterocycles. The van der Waals surface area contributed by atoms with Gasteiger partial charge in [-0.1, -0.05) is 155 Å². The van der Waals surface area contributed by atoms with E-state index in [1.54, 1.807) is 7.11 Å². The molecule has 0 bridgehead atoms. The fourth-order valence-corrected chi connectivity index (χ4v) is 5.04. The number of methoxy groups -OCH3 is 1. The van der Waals surface area contributed by atoms with E-state index in [1.165, 1.54) is 141 Å². The van der Waals surface area contributed by atoms with E-state index in [0.717, 1.165) is 25.9 Å². The molecule has 0 atom stereocenters. The Morgan fingerprint density at radius 1 is 0.486 bits per heavy atom. The number of nitrogens with zero attached hydrogens (tertiary/aromatic N) is 1. The maximum Gasteiger partial charge on any atom is 0.248 e. The second-order valence-corrected chi connectivity index (χ2v) is 11.2. The Balaban J connectivity index is 3.89. The maximum atomic E-state index is 12.7. The van der Waals surface area contributed by atoms with E-state index >= 15 is 0 Å². The van der Waals surface area contributed by atoms with Crippen LogP contribution in [0.2, 0.25) is 0 Å². The number of carbonyl (C=O) groups is 1. The first-order valence-electron chi connectivity index (χ1n) is 16.6. The number of carbonyl (C=O) groups excluding carboxylic acids is 1. The van der Waals surface area contributed by atoms with Crippen LogP contribution in [-0.4, -0.2) is 50.8 Å². The summed E-state index contributed by atoms with van der Waals surface area (Å²) in [7, 11) is 1.67. The zero-order valence-electron chi connectivity index (χ0n) is 25.7. The molecule has 0 aliphatic carbocycles. The van der Waals surface area contributed by atoms with Crippen LogP contribution in [0, 0.1) is 0 Å². The van der Waals surface area contributed by atoms with E-state index in [0.29, 0.717) is 13.2 Å². The molecule has 1 amide bonds. The van der Waals surface area contributed by atoms with Gasteiger partial charge in [0.05, 0.1) is 13.2 Å². The summed E-state index contributed by atoms with van der Waals surface area (Å²) in [6.45, 7) is 7.58. The number of amides is 1. The second-order valence-electron chi connectivity index (χ2n) is 11.2. The summed E-state index contributed by atoms with van der Waals surface area (Å²) in [6.07, 6.45) is 32.4. The van der Waals surface area contributed by atoms with Gasteiger partial charge in [-0.25, -0.2) is 0 Å². The predicted molar refractivity (Wildman–Crippen MR) is 161 cm³/mol. The van der Waals surface area contributed by atoms with Crippen LogP contribution in [0.25, 0.3) is 0 Å². The number of ether oxygens (including phenoxy) is 2. The highest BCUT2D eigenvalue weighted by molar-refractivity contribution is 5.77. The zero-order chi connectivity index (χ0) is 27.1. The average Bonchev–Trinajstić information content (AvgIpc) is 2.91. The van der Waals surface area contributed by atoms with Crippen LogP contribution < -0.4 is 0 Å². The van der Waals surface area contributed by atoms with Gasteiger partial charge in [0.1, 0.15) is 6.61 Å². The normalized spacial score (nSPS) is 11.3. The fraction of sp³-hybridized carbons (Fsp3) is 0.970. The molecule has 4 heteroatoms. The van der Waals surface area contributed by atoms with Gasteiger partial charge in [-0.2, -0.15) is 0 Å². The van der Waals surface area contributed by atoms with Crippen LogP contribution in [0.15, 0.2) is 0 Å². The number of unbranched alkanes of at least 4 members (excludes halogenated alkanes) is 22. The lowest BCUT2D eigenvalue weighted by atomic mass is 10.0. The highest BCUT2D eigenvalue weighted by Gasteiger charge is 2.13. The Hall–Kier alpha value is -0.610. The quantitative estimate of drug-likeness (QED) is 0.0845. The van der Waals surface area contributed by atoms with Crippen molar-refractivity contribution < 1.29 is 14.3 Å². The van der Waals surface area contributed by atoms with Crippen molar-refractivity contribution in [3.05, 3.63) is 0 Å². The molecule has 0 N–H and O–H groups in total. The molecular formula is C33H67NO3. The lowest BCUT2D eigenvalue weighted by Crippen LogP contribution is -2.36. The minimum Gasteiger partial charge on any atom is -0.382 e. The van der Waals surface area contributed by atoms with Crippen molar-refractivity contribution in [1.29, 1.82) is 0 Å².